The van der Waals surface area contributed by atoms with Gasteiger partial charge in [-0.05, 0) is 61.0 Å². The summed E-state index contributed by atoms with van der Waals surface area (Å²) in [7, 11) is 0. The van der Waals surface area contributed by atoms with Crippen molar-refractivity contribution in [2.45, 2.75) is 20.8 Å². The summed E-state index contributed by atoms with van der Waals surface area (Å²) in [5.74, 6) is 1.08. The number of amides is 1. The fourth-order valence-electron chi connectivity index (χ4n) is 2.14. The van der Waals surface area contributed by atoms with Gasteiger partial charge < -0.3 is 14.2 Å². The predicted molar refractivity (Wildman–Crippen MR) is 107 cm³/mol. The molecule has 2 rings (SSSR count). The molecule has 1 N–H and O–H groups in total. The summed E-state index contributed by atoms with van der Waals surface area (Å²) < 4.78 is 17.9. The first-order chi connectivity index (χ1) is 12.6. The van der Waals surface area contributed by atoms with Crippen molar-refractivity contribution in [3.63, 3.8) is 0 Å². The van der Waals surface area contributed by atoms with Crippen LogP contribution in [-0.2, 0) is 0 Å². The quantitative estimate of drug-likeness (QED) is 0.461. The Morgan fingerprint density at radius 1 is 1.12 bits per heavy atom. The number of ether oxygens (including phenoxy) is 3. The molecule has 0 atom stereocenters. The van der Waals surface area contributed by atoms with Crippen LogP contribution < -0.4 is 19.6 Å². The summed E-state index contributed by atoms with van der Waals surface area (Å²) in [6, 6.07) is 7.08. The maximum atomic E-state index is 12.4. The Bertz CT molecular complexity index is 749. The second-order valence-electron chi connectivity index (χ2n) is 4.94. The van der Waals surface area contributed by atoms with Crippen molar-refractivity contribution in [2.75, 3.05) is 19.8 Å². The number of carbonyl (C=O) groups is 1. The molecule has 0 aliphatic rings. The number of nitrogens with zero attached hydrogens (tertiary/aromatic N) is 1. The average molecular weight is 441 g/mol. The van der Waals surface area contributed by atoms with E-state index in [0.29, 0.717) is 42.6 Å². The Kier molecular flexibility index (Phi) is 7.93. The Morgan fingerprint density at radius 2 is 1.73 bits per heavy atom. The molecule has 2 aromatic rings. The van der Waals surface area contributed by atoms with Crippen molar-refractivity contribution in [3.8, 4) is 17.2 Å². The van der Waals surface area contributed by atoms with Crippen LogP contribution in [-0.4, -0.2) is 31.9 Å². The lowest BCUT2D eigenvalue weighted by Crippen LogP contribution is -2.18. The number of nitrogens with one attached hydrogen (secondary N) is 1. The molecule has 6 nitrogen and oxygen atoms in total. The van der Waals surface area contributed by atoms with E-state index >= 15 is 0 Å². The maximum Gasteiger partial charge on any atom is 0.271 e. The van der Waals surface area contributed by atoms with Crippen LogP contribution in [0.15, 0.2) is 33.2 Å². The average Bonchev–Trinajstić information content (AvgIpc) is 3.03. The highest BCUT2D eigenvalue weighted by Crippen LogP contribution is 2.39. The van der Waals surface area contributed by atoms with Crippen molar-refractivity contribution in [3.05, 3.63) is 38.5 Å². The lowest BCUT2D eigenvalue weighted by molar-refractivity contribution is 0.0954. The first-order valence-electron chi connectivity index (χ1n) is 8.24. The van der Waals surface area contributed by atoms with Crippen LogP contribution in [0.4, 0.5) is 0 Å². The van der Waals surface area contributed by atoms with Crippen molar-refractivity contribution >= 4 is 39.4 Å². The first kappa shape index (κ1) is 20.3. The molecule has 140 valence electrons. The molecular weight excluding hydrogens is 420 g/mol. The molecule has 1 amide bonds. The van der Waals surface area contributed by atoms with Gasteiger partial charge in [0.15, 0.2) is 11.5 Å². The number of hydrogen-bond donors (Lipinski definition) is 1. The van der Waals surface area contributed by atoms with Gasteiger partial charge in [-0.1, -0.05) is 0 Å². The second kappa shape index (κ2) is 10.2. The molecule has 0 spiro atoms. The molecule has 0 aliphatic heterocycles. The smallest absolute Gasteiger partial charge is 0.271 e. The highest BCUT2D eigenvalue weighted by molar-refractivity contribution is 9.11. The van der Waals surface area contributed by atoms with Gasteiger partial charge in [0.2, 0.25) is 5.75 Å². The van der Waals surface area contributed by atoms with Crippen LogP contribution in [0, 0.1) is 0 Å². The van der Waals surface area contributed by atoms with E-state index in [4.69, 9.17) is 14.2 Å². The summed E-state index contributed by atoms with van der Waals surface area (Å²) in [6.45, 7) is 6.97. The van der Waals surface area contributed by atoms with Crippen molar-refractivity contribution < 1.29 is 19.0 Å². The molecule has 0 fully saturated rings. The van der Waals surface area contributed by atoms with Crippen LogP contribution in [0.1, 0.15) is 36.0 Å². The Balaban J connectivity index is 2.23. The fraction of sp³-hybridized carbons (Fsp3) is 0.333. The molecule has 1 aromatic heterocycles. The van der Waals surface area contributed by atoms with Crippen molar-refractivity contribution in [2.24, 2.45) is 5.10 Å². The van der Waals surface area contributed by atoms with E-state index in [-0.39, 0.29) is 5.91 Å². The van der Waals surface area contributed by atoms with Gasteiger partial charge in [0.05, 0.1) is 29.8 Å². The molecule has 1 heterocycles. The van der Waals surface area contributed by atoms with E-state index < -0.39 is 0 Å². The van der Waals surface area contributed by atoms with E-state index in [2.05, 4.69) is 26.5 Å². The van der Waals surface area contributed by atoms with E-state index in [9.17, 15) is 4.79 Å². The van der Waals surface area contributed by atoms with Crippen LogP contribution in [0.3, 0.4) is 0 Å². The maximum absolute atomic E-state index is 12.4. The van der Waals surface area contributed by atoms with Crippen LogP contribution in [0.5, 0.6) is 17.2 Å². The standard InChI is InChI=1S/C18H21BrN2O4S/c1-4-23-14-9-12(10-15(24-5-2)17(14)25-6-3)18(22)21-20-11-13-7-8-16(19)26-13/h7-11H,4-6H2,1-3H3,(H,21,22). The Labute approximate surface area is 165 Å². The minimum absolute atomic E-state index is 0.359. The van der Waals surface area contributed by atoms with E-state index in [1.807, 2.05) is 32.9 Å². The number of rotatable bonds is 9. The molecule has 8 heteroatoms. The molecule has 1 aromatic carbocycles. The third-order valence-electron chi connectivity index (χ3n) is 3.12. The van der Waals surface area contributed by atoms with E-state index in [1.54, 1.807) is 18.3 Å². The molecule has 0 saturated heterocycles. The van der Waals surface area contributed by atoms with Gasteiger partial charge in [-0.2, -0.15) is 5.10 Å². The third-order valence-corrected chi connectivity index (χ3v) is 4.68. The molecule has 0 aliphatic carbocycles. The summed E-state index contributed by atoms with van der Waals surface area (Å²) >= 11 is 4.90. The number of benzene rings is 1. The van der Waals surface area contributed by atoms with Gasteiger partial charge in [-0.25, -0.2) is 5.43 Å². The van der Waals surface area contributed by atoms with Gasteiger partial charge >= 0.3 is 0 Å². The molecule has 26 heavy (non-hydrogen) atoms. The number of halogens is 1. The summed E-state index contributed by atoms with van der Waals surface area (Å²) in [4.78, 5) is 13.4. The van der Waals surface area contributed by atoms with Gasteiger partial charge in [0, 0.05) is 10.4 Å². The summed E-state index contributed by atoms with van der Waals surface area (Å²) in [5, 5.41) is 3.99. The van der Waals surface area contributed by atoms with Gasteiger partial charge in [0.25, 0.3) is 5.91 Å². The third kappa shape index (κ3) is 5.47. The molecule has 0 radical (unpaired) electrons. The molecule has 0 bridgehead atoms. The van der Waals surface area contributed by atoms with Crippen LogP contribution in [0.2, 0.25) is 0 Å². The van der Waals surface area contributed by atoms with Crippen molar-refractivity contribution in [1.29, 1.82) is 0 Å². The van der Waals surface area contributed by atoms with Gasteiger partial charge in [-0.15, -0.1) is 11.3 Å². The van der Waals surface area contributed by atoms with E-state index in [1.165, 1.54) is 11.3 Å². The lowest BCUT2D eigenvalue weighted by Gasteiger charge is -2.16. The van der Waals surface area contributed by atoms with Crippen LogP contribution >= 0.6 is 27.3 Å². The first-order valence-corrected chi connectivity index (χ1v) is 9.85. The zero-order valence-corrected chi connectivity index (χ0v) is 17.3. The monoisotopic (exact) mass is 440 g/mol. The highest BCUT2D eigenvalue weighted by Gasteiger charge is 2.18. The number of thiophene rings is 1. The topological polar surface area (TPSA) is 69.2 Å². The number of hydrogen-bond acceptors (Lipinski definition) is 6. The van der Waals surface area contributed by atoms with Gasteiger partial charge in [-0.3, -0.25) is 4.79 Å². The normalized spacial score (nSPS) is 10.8. The fourth-order valence-corrected chi connectivity index (χ4v) is 3.43. The highest BCUT2D eigenvalue weighted by atomic mass is 79.9. The molecule has 0 saturated carbocycles. The lowest BCUT2D eigenvalue weighted by atomic mass is 10.1. The largest absolute Gasteiger partial charge is 0.490 e. The van der Waals surface area contributed by atoms with E-state index in [0.717, 1.165) is 8.66 Å². The zero-order chi connectivity index (χ0) is 18.9. The van der Waals surface area contributed by atoms with Crippen molar-refractivity contribution in [1.82, 2.24) is 5.43 Å². The number of carbonyl (C=O) groups excluding carboxylic acids is 1. The second-order valence-corrected chi connectivity index (χ2v) is 7.44. The SMILES string of the molecule is CCOc1cc(C(=O)NN=Cc2ccc(Br)s2)cc(OCC)c1OCC. The zero-order valence-electron chi connectivity index (χ0n) is 14.9. The number of hydrazone groups is 1. The minimum Gasteiger partial charge on any atom is -0.490 e. The Hall–Kier alpha value is -2.06. The molecular formula is C18H21BrN2O4S. The van der Waals surface area contributed by atoms with Gasteiger partial charge in [0.1, 0.15) is 0 Å². The van der Waals surface area contributed by atoms with Crippen LogP contribution in [0.25, 0.3) is 0 Å². The summed E-state index contributed by atoms with van der Waals surface area (Å²) in [5.41, 5.74) is 2.90. The Morgan fingerprint density at radius 3 is 2.23 bits per heavy atom. The molecule has 0 unspecified atom stereocenters. The summed E-state index contributed by atoms with van der Waals surface area (Å²) in [6.07, 6.45) is 1.59. The minimum atomic E-state index is -0.359. The predicted octanol–water partition coefficient (Wildman–Crippen LogP) is 4.47.